The van der Waals surface area contributed by atoms with E-state index in [1.807, 2.05) is 13.0 Å². The van der Waals surface area contributed by atoms with Gasteiger partial charge in [-0.05, 0) is 38.8 Å². The average molecular weight is 270 g/mol. The number of benzene rings is 1. The number of aryl methyl sites for hydroxylation is 2. The Morgan fingerprint density at radius 3 is 2.45 bits per heavy atom. The van der Waals surface area contributed by atoms with Crippen LogP contribution in [0.25, 0.3) is 11.3 Å². The second-order valence-electron chi connectivity index (χ2n) is 5.36. The Balaban J connectivity index is 2.66. The van der Waals surface area contributed by atoms with E-state index < -0.39 is 0 Å². The minimum atomic E-state index is -0.358. The molecule has 0 spiro atoms. The fourth-order valence-corrected chi connectivity index (χ4v) is 2.73. The van der Waals surface area contributed by atoms with Gasteiger partial charge in [-0.25, -0.2) is 0 Å². The zero-order valence-electron chi connectivity index (χ0n) is 12.7. The molecule has 2 rings (SSSR count). The molecule has 0 aliphatic carbocycles. The summed E-state index contributed by atoms with van der Waals surface area (Å²) in [7, 11) is 0. The third-order valence-corrected chi connectivity index (χ3v) is 3.74. The first kappa shape index (κ1) is 14.4. The predicted octanol–water partition coefficient (Wildman–Crippen LogP) is 3.59. The summed E-state index contributed by atoms with van der Waals surface area (Å²) in [6.45, 7) is 9.17. The lowest BCUT2D eigenvalue weighted by atomic mass is 10.0. The zero-order chi connectivity index (χ0) is 14.9. The highest BCUT2D eigenvalue weighted by molar-refractivity contribution is 5.95. The van der Waals surface area contributed by atoms with Gasteiger partial charge < -0.3 is 10.3 Å². The summed E-state index contributed by atoms with van der Waals surface area (Å²) in [5.41, 5.74) is 11.8. The van der Waals surface area contributed by atoms with Gasteiger partial charge in [-0.2, -0.15) is 0 Å². The van der Waals surface area contributed by atoms with Crippen molar-refractivity contribution in [3.63, 3.8) is 0 Å². The minimum absolute atomic E-state index is 0.358. The Hall–Kier alpha value is -2.03. The SMILES string of the molecule is CCCn1c(-c2ccc(C)cc2C)cc(C(N)=O)c1C. The molecule has 106 valence electrons. The van der Waals surface area contributed by atoms with E-state index in [1.54, 1.807) is 0 Å². The molecular formula is C17H22N2O. The highest BCUT2D eigenvalue weighted by atomic mass is 16.1. The lowest BCUT2D eigenvalue weighted by Gasteiger charge is -2.13. The van der Waals surface area contributed by atoms with Gasteiger partial charge in [0.2, 0.25) is 0 Å². The van der Waals surface area contributed by atoms with Gasteiger partial charge in [-0.1, -0.05) is 30.7 Å². The van der Waals surface area contributed by atoms with Crippen LogP contribution < -0.4 is 5.73 Å². The van der Waals surface area contributed by atoms with Crippen LogP contribution in [0.1, 0.15) is 40.5 Å². The molecule has 1 amide bonds. The number of hydrogen-bond donors (Lipinski definition) is 1. The van der Waals surface area contributed by atoms with E-state index in [2.05, 4.69) is 43.5 Å². The van der Waals surface area contributed by atoms with Crippen LogP contribution in [0.15, 0.2) is 24.3 Å². The average Bonchev–Trinajstić information content (AvgIpc) is 2.68. The molecule has 0 aliphatic heterocycles. The molecule has 20 heavy (non-hydrogen) atoms. The molecule has 0 fully saturated rings. The molecule has 0 bridgehead atoms. The second-order valence-corrected chi connectivity index (χ2v) is 5.36. The van der Waals surface area contributed by atoms with Gasteiger partial charge in [-0.15, -0.1) is 0 Å². The summed E-state index contributed by atoms with van der Waals surface area (Å²) >= 11 is 0. The molecule has 3 heteroatoms. The number of carbonyl (C=O) groups excluding carboxylic acids is 1. The maximum Gasteiger partial charge on any atom is 0.250 e. The third-order valence-electron chi connectivity index (χ3n) is 3.74. The number of amides is 1. The van der Waals surface area contributed by atoms with Crippen LogP contribution in [0.4, 0.5) is 0 Å². The molecule has 3 nitrogen and oxygen atoms in total. The van der Waals surface area contributed by atoms with Gasteiger partial charge in [-0.3, -0.25) is 4.79 Å². The lowest BCUT2D eigenvalue weighted by Crippen LogP contribution is -2.12. The summed E-state index contributed by atoms with van der Waals surface area (Å²) in [5.74, 6) is -0.358. The van der Waals surface area contributed by atoms with Gasteiger partial charge in [0, 0.05) is 23.5 Å². The molecule has 0 saturated heterocycles. The number of carbonyl (C=O) groups is 1. The van der Waals surface area contributed by atoms with Crippen LogP contribution in [0.2, 0.25) is 0 Å². The number of nitrogens with zero attached hydrogens (tertiary/aromatic N) is 1. The van der Waals surface area contributed by atoms with E-state index in [1.165, 1.54) is 16.7 Å². The van der Waals surface area contributed by atoms with Gasteiger partial charge in [0.1, 0.15) is 0 Å². The zero-order valence-corrected chi connectivity index (χ0v) is 12.7. The standard InChI is InChI=1S/C17H22N2O/c1-5-8-19-13(4)15(17(18)20)10-16(19)14-7-6-11(2)9-12(14)3/h6-7,9-10H,5,8H2,1-4H3,(H2,18,20). The molecule has 0 saturated carbocycles. The molecular weight excluding hydrogens is 248 g/mol. The summed E-state index contributed by atoms with van der Waals surface area (Å²) in [6.07, 6.45) is 1.02. The molecule has 2 aromatic rings. The van der Waals surface area contributed by atoms with Crippen molar-refractivity contribution in [3.05, 3.63) is 46.6 Å². The number of aromatic nitrogens is 1. The summed E-state index contributed by atoms with van der Waals surface area (Å²) in [5, 5.41) is 0. The van der Waals surface area contributed by atoms with Crippen LogP contribution in [0.5, 0.6) is 0 Å². The molecule has 1 aromatic heterocycles. The highest BCUT2D eigenvalue weighted by Crippen LogP contribution is 2.29. The maximum absolute atomic E-state index is 11.6. The fraction of sp³-hybridized carbons (Fsp3) is 0.353. The monoisotopic (exact) mass is 270 g/mol. The molecule has 1 aromatic carbocycles. The summed E-state index contributed by atoms with van der Waals surface area (Å²) in [4.78, 5) is 11.6. The molecule has 1 heterocycles. The molecule has 0 radical (unpaired) electrons. The normalized spacial score (nSPS) is 10.8. The molecule has 2 N–H and O–H groups in total. The Morgan fingerprint density at radius 1 is 1.20 bits per heavy atom. The van der Waals surface area contributed by atoms with Gasteiger partial charge in [0.25, 0.3) is 5.91 Å². The predicted molar refractivity (Wildman–Crippen MR) is 82.9 cm³/mol. The van der Waals surface area contributed by atoms with E-state index in [9.17, 15) is 4.79 Å². The largest absolute Gasteiger partial charge is 0.366 e. The summed E-state index contributed by atoms with van der Waals surface area (Å²) in [6, 6.07) is 8.31. The first-order valence-electron chi connectivity index (χ1n) is 7.03. The van der Waals surface area contributed by atoms with Gasteiger partial charge in [0.05, 0.1) is 5.56 Å². The fourth-order valence-electron chi connectivity index (χ4n) is 2.73. The first-order chi connectivity index (χ1) is 9.45. The van der Waals surface area contributed by atoms with Crippen molar-refractivity contribution in [2.45, 2.75) is 40.7 Å². The Kier molecular flexibility index (Phi) is 3.98. The van der Waals surface area contributed by atoms with Crippen LogP contribution >= 0.6 is 0 Å². The van der Waals surface area contributed by atoms with Crippen LogP contribution in [-0.4, -0.2) is 10.5 Å². The van der Waals surface area contributed by atoms with E-state index >= 15 is 0 Å². The van der Waals surface area contributed by atoms with Crippen molar-refractivity contribution in [2.24, 2.45) is 5.73 Å². The highest BCUT2D eigenvalue weighted by Gasteiger charge is 2.17. The summed E-state index contributed by atoms with van der Waals surface area (Å²) < 4.78 is 2.19. The van der Waals surface area contributed by atoms with Crippen molar-refractivity contribution >= 4 is 5.91 Å². The van der Waals surface area contributed by atoms with Crippen molar-refractivity contribution in [1.82, 2.24) is 4.57 Å². The van der Waals surface area contributed by atoms with Crippen molar-refractivity contribution < 1.29 is 4.79 Å². The minimum Gasteiger partial charge on any atom is -0.366 e. The number of nitrogens with two attached hydrogens (primary N) is 1. The third kappa shape index (κ3) is 2.48. The lowest BCUT2D eigenvalue weighted by molar-refractivity contribution is 0.0999. The Morgan fingerprint density at radius 2 is 1.90 bits per heavy atom. The quantitative estimate of drug-likeness (QED) is 0.906. The van der Waals surface area contributed by atoms with Gasteiger partial charge >= 0.3 is 0 Å². The van der Waals surface area contributed by atoms with E-state index in [0.29, 0.717) is 5.56 Å². The Labute approximate surface area is 120 Å². The molecule has 0 aliphatic rings. The van der Waals surface area contributed by atoms with Crippen molar-refractivity contribution in [3.8, 4) is 11.3 Å². The first-order valence-corrected chi connectivity index (χ1v) is 7.03. The van der Waals surface area contributed by atoms with Crippen LogP contribution in [0, 0.1) is 20.8 Å². The van der Waals surface area contributed by atoms with Crippen molar-refractivity contribution in [1.29, 1.82) is 0 Å². The van der Waals surface area contributed by atoms with Crippen LogP contribution in [0.3, 0.4) is 0 Å². The van der Waals surface area contributed by atoms with E-state index in [-0.39, 0.29) is 5.91 Å². The van der Waals surface area contributed by atoms with E-state index in [0.717, 1.165) is 24.4 Å². The number of primary amides is 1. The van der Waals surface area contributed by atoms with E-state index in [4.69, 9.17) is 5.73 Å². The topological polar surface area (TPSA) is 48.0 Å². The number of rotatable bonds is 4. The molecule has 0 unspecified atom stereocenters. The maximum atomic E-state index is 11.6. The second kappa shape index (κ2) is 5.53. The molecule has 0 atom stereocenters. The van der Waals surface area contributed by atoms with Crippen LogP contribution in [-0.2, 0) is 6.54 Å². The smallest absolute Gasteiger partial charge is 0.250 e. The number of hydrogen-bond acceptors (Lipinski definition) is 1. The van der Waals surface area contributed by atoms with Crippen molar-refractivity contribution in [2.75, 3.05) is 0 Å². The van der Waals surface area contributed by atoms with Gasteiger partial charge in [0.15, 0.2) is 0 Å². The Bertz CT molecular complexity index is 653.